The van der Waals surface area contributed by atoms with E-state index in [-0.39, 0.29) is 17.0 Å². The van der Waals surface area contributed by atoms with Crippen molar-refractivity contribution in [2.45, 2.75) is 11.8 Å². The van der Waals surface area contributed by atoms with Gasteiger partial charge in [-0.2, -0.15) is 5.26 Å². The Kier molecular flexibility index (Phi) is 6.33. The molecular formula is C19H19N7O2S. The highest BCUT2D eigenvalue weighted by Crippen LogP contribution is 2.14. The average molecular weight is 409 g/mol. The van der Waals surface area contributed by atoms with Crippen LogP contribution in [0.15, 0.2) is 59.6 Å². The molecule has 2 heterocycles. The van der Waals surface area contributed by atoms with Crippen molar-refractivity contribution in [2.75, 3.05) is 23.7 Å². The van der Waals surface area contributed by atoms with Crippen molar-refractivity contribution in [1.29, 1.82) is 5.26 Å². The van der Waals surface area contributed by atoms with Gasteiger partial charge in [0, 0.05) is 19.3 Å². The predicted octanol–water partition coefficient (Wildman–Crippen LogP) is 2.19. The zero-order valence-electron chi connectivity index (χ0n) is 15.6. The molecule has 3 rings (SSSR count). The Bertz CT molecular complexity index is 1130. The fourth-order valence-corrected chi connectivity index (χ4v) is 3.66. The van der Waals surface area contributed by atoms with Crippen molar-refractivity contribution >= 4 is 27.5 Å². The van der Waals surface area contributed by atoms with Crippen molar-refractivity contribution in [1.82, 2.24) is 19.9 Å². The highest BCUT2D eigenvalue weighted by Gasteiger charge is 2.17. The first-order valence-corrected chi connectivity index (χ1v) is 10.2. The molecule has 0 bridgehead atoms. The maximum atomic E-state index is 12.3. The molecule has 0 saturated carbocycles. The highest BCUT2D eigenvalue weighted by atomic mass is 32.2. The second-order valence-electron chi connectivity index (χ2n) is 6.08. The van der Waals surface area contributed by atoms with Crippen LogP contribution >= 0.6 is 0 Å². The van der Waals surface area contributed by atoms with Crippen LogP contribution in [0.3, 0.4) is 0 Å². The molecule has 0 atom stereocenters. The summed E-state index contributed by atoms with van der Waals surface area (Å²) in [4.78, 5) is 4.16. The first kappa shape index (κ1) is 20.2. The van der Waals surface area contributed by atoms with Gasteiger partial charge >= 0.3 is 0 Å². The molecule has 0 aliphatic rings. The third kappa shape index (κ3) is 5.47. The summed E-state index contributed by atoms with van der Waals surface area (Å²) in [6, 6.07) is 15.2. The molecule has 0 amide bonds. The maximum absolute atomic E-state index is 12.3. The molecule has 0 saturated heterocycles. The molecule has 29 heavy (non-hydrogen) atoms. The van der Waals surface area contributed by atoms with E-state index in [0.29, 0.717) is 24.0 Å². The topological polar surface area (TPSA) is 133 Å². The number of pyridine rings is 1. The van der Waals surface area contributed by atoms with Crippen molar-refractivity contribution in [2.24, 2.45) is 0 Å². The Labute approximate surface area is 168 Å². The number of anilines is 3. The summed E-state index contributed by atoms with van der Waals surface area (Å²) >= 11 is 0. The largest absolute Gasteiger partial charge is 0.367 e. The Hall–Kier alpha value is -3.55. The number of sulfonamides is 1. The van der Waals surface area contributed by atoms with E-state index < -0.39 is 10.0 Å². The SMILES string of the molecule is Cc1ccnc(Nc2ccc(NCCNS(=O)(=O)c3ccccc3C#N)nn2)c1. The van der Waals surface area contributed by atoms with E-state index in [1.807, 2.05) is 25.1 Å². The Morgan fingerprint density at radius 1 is 1.00 bits per heavy atom. The lowest BCUT2D eigenvalue weighted by Crippen LogP contribution is -2.29. The van der Waals surface area contributed by atoms with Crippen molar-refractivity contribution in [3.05, 3.63) is 65.9 Å². The number of aromatic nitrogens is 3. The monoisotopic (exact) mass is 409 g/mol. The summed E-state index contributed by atoms with van der Waals surface area (Å²) in [5.41, 5.74) is 1.18. The lowest BCUT2D eigenvalue weighted by molar-refractivity contribution is 0.582. The van der Waals surface area contributed by atoms with E-state index >= 15 is 0 Å². The van der Waals surface area contributed by atoms with Gasteiger partial charge < -0.3 is 10.6 Å². The summed E-state index contributed by atoms with van der Waals surface area (Å²) in [5, 5.41) is 23.2. The first-order chi connectivity index (χ1) is 14.0. The zero-order chi connectivity index (χ0) is 20.7. The van der Waals surface area contributed by atoms with Gasteiger partial charge in [-0.05, 0) is 48.9 Å². The molecule has 0 spiro atoms. The van der Waals surface area contributed by atoms with Crippen LogP contribution in [-0.2, 0) is 10.0 Å². The van der Waals surface area contributed by atoms with Crippen LogP contribution in [0.4, 0.5) is 17.5 Å². The van der Waals surface area contributed by atoms with E-state index in [1.165, 1.54) is 12.1 Å². The van der Waals surface area contributed by atoms with E-state index in [4.69, 9.17) is 5.26 Å². The third-order valence-corrected chi connectivity index (χ3v) is 5.38. The molecule has 3 aromatic rings. The number of benzene rings is 1. The molecule has 0 aliphatic carbocycles. The van der Waals surface area contributed by atoms with Crippen LogP contribution in [0, 0.1) is 18.3 Å². The molecule has 3 N–H and O–H groups in total. The van der Waals surface area contributed by atoms with E-state index in [1.54, 1.807) is 30.5 Å². The quantitative estimate of drug-likeness (QED) is 0.482. The fourth-order valence-electron chi connectivity index (χ4n) is 2.48. The average Bonchev–Trinajstić information content (AvgIpc) is 2.72. The van der Waals surface area contributed by atoms with Crippen LogP contribution in [0.25, 0.3) is 0 Å². The van der Waals surface area contributed by atoms with Gasteiger partial charge in [-0.25, -0.2) is 18.1 Å². The van der Waals surface area contributed by atoms with Gasteiger partial charge in [-0.3, -0.25) is 0 Å². The van der Waals surface area contributed by atoms with Crippen molar-refractivity contribution < 1.29 is 8.42 Å². The van der Waals surface area contributed by atoms with Gasteiger partial charge in [0.05, 0.1) is 10.5 Å². The third-order valence-electron chi connectivity index (χ3n) is 3.86. The Morgan fingerprint density at radius 2 is 1.76 bits per heavy atom. The molecule has 10 heteroatoms. The van der Waals surface area contributed by atoms with Crippen LogP contribution in [0.2, 0.25) is 0 Å². The van der Waals surface area contributed by atoms with Gasteiger partial charge in [0.25, 0.3) is 0 Å². The maximum Gasteiger partial charge on any atom is 0.241 e. The summed E-state index contributed by atoms with van der Waals surface area (Å²) < 4.78 is 27.1. The summed E-state index contributed by atoms with van der Waals surface area (Å²) in [5.74, 6) is 1.72. The molecule has 1 aromatic carbocycles. The van der Waals surface area contributed by atoms with Crippen molar-refractivity contribution in [3.8, 4) is 6.07 Å². The van der Waals surface area contributed by atoms with Crippen LogP contribution in [0.5, 0.6) is 0 Å². The van der Waals surface area contributed by atoms with Crippen molar-refractivity contribution in [3.63, 3.8) is 0 Å². The van der Waals surface area contributed by atoms with Crippen LogP contribution < -0.4 is 15.4 Å². The lowest BCUT2D eigenvalue weighted by atomic mass is 10.2. The molecule has 0 fully saturated rings. The molecule has 0 radical (unpaired) electrons. The zero-order valence-corrected chi connectivity index (χ0v) is 16.4. The second-order valence-corrected chi connectivity index (χ2v) is 7.82. The van der Waals surface area contributed by atoms with E-state index in [2.05, 4.69) is 30.5 Å². The minimum atomic E-state index is -3.77. The van der Waals surface area contributed by atoms with Crippen LogP contribution in [-0.4, -0.2) is 36.7 Å². The number of hydrogen-bond donors (Lipinski definition) is 3. The smallest absolute Gasteiger partial charge is 0.241 e. The molecule has 0 aliphatic heterocycles. The number of nitrogens with one attached hydrogen (secondary N) is 3. The van der Waals surface area contributed by atoms with Gasteiger partial charge in [0.15, 0.2) is 5.82 Å². The van der Waals surface area contributed by atoms with Gasteiger partial charge in [0.2, 0.25) is 10.0 Å². The van der Waals surface area contributed by atoms with Gasteiger partial charge in [0.1, 0.15) is 17.7 Å². The fraction of sp³-hybridized carbons (Fsp3) is 0.158. The molecule has 2 aromatic heterocycles. The minimum Gasteiger partial charge on any atom is -0.367 e. The number of hydrogen-bond acceptors (Lipinski definition) is 8. The second kappa shape index (κ2) is 9.09. The van der Waals surface area contributed by atoms with Crippen LogP contribution in [0.1, 0.15) is 11.1 Å². The molecule has 0 unspecified atom stereocenters. The number of rotatable bonds is 8. The highest BCUT2D eigenvalue weighted by molar-refractivity contribution is 7.89. The summed E-state index contributed by atoms with van der Waals surface area (Å²) in [7, 11) is -3.77. The van der Waals surface area contributed by atoms with E-state index in [9.17, 15) is 8.42 Å². The number of nitriles is 1. The standard InChI is InChI=1S/C19H19N7O2S/c1-14-8-9-21-19(12-14)24-18-7-6-17(25-26-18)22-10-11-23-29(27,28)16-5-3-2-4-15(16)13-20/h2-9,12,23H,10-11H2,1H3,(H,22,25)(H,21,24,26). The lowest BCUT2D eigenvalue weighted by Gasteiger charge is -2.09. The number of aryl methyl sites for hydroxylation is 1. The van der Waals surface area contributed by atoms with Gasteiger partial charge in [-0.15, -0.1) is 10.2 Å². The predicted molar refractivity (Wildman–Crippen MR) is 109 cm³/mol. The summed E-state index contributed by atoms with van der Waals surface area (Å²) in [6.45, 7) is 2.39. The summed E-state index contributed by atoms with van der Waals surface area (Å²) in [6.07, 6.45) is 1.71. The number of nitrogens with zero attached hydrogens (tertiary/aromatic N) is 4. The minimum absolute atomic E-state index is 0.0394. The molecule has 148 valence electrons. The first-order valence-electron chi connectivity index (χ1n) is 8.74. The Morgan fingerprint density at radius 3 is 2.48 bits per heavy atom. The molecule has 9 nitrogen and oxygen atoms in total. The Balaban J connectivity index is 1.51. The van der Waals surface area contributed by atoms with E-state index in [0.717, 1.165) is 5.56 Å². The molecular weight excluding hydrogens is 390 g/mol. The van der Waals surface area contributed by atoms with Gasteiger partial charge in [-0.1, -0.05) is 12.1 Å². The normalized spacial score (nSPS) is 10.9.